The third-order valence-electron chi connectivity index (χ3n) is 4.17. The van der Waals surface area contributed by atoms with Crippen molar-refractivity contribution < 1.29 is 24.5 Å². The molecular formula is C23H19N3O5. The molecule has 0 spiro atoms. The molecule has 0 aliphatic carbocycles. The molecule has 2 aromatic carbocycles. The number of ether oxygens (including phenoxy) is 1. The van der Waals surface area contributed by atoms with Gasteiger partial charge < -0.3 is 14.9 Å². The number of carbonyl (C=O) groups excluding carboxylic acids is 2. The van der Waals surface area contributed by atoms with Gasteiger partial charge in [0.15, 0.2) is 0 Å². The Morgan fingerprint density at radius 2 is 1.81 bits per heavy atom. The fourth-order valence-electron chi connectivity index (χ4n) is 2.59. The number of benzene rings is 2. The monoisotopic (exact) mass is 417 g/mol. The second kappa shape index (κ2) is 9.84. The highest BCUT2D eigenvalue weighted by Crippen LogP contribution is 2.24. The minimum absolute atomic E-state index is 0.0862. The van der Waals surface area contributed by atoms with E-state index in [-0.39, 0.29) is 17.2 Å². The maximum absolute atomic E-state index is 12.2. The summed E-state index contributed by atoms with van der Waals surface area (Å²) in [6.45, 7) is 1.67. The smallest absolute Gasteiger partial charge is 0.336 e. The first kappa shape index (κ1) is 21.3. The molecule has 0 radical (unpaired) electrons. The van der Waals surface area contributed by atoms with Gasteiger partial charge in [0.05, 0.1) is 5.71 Å². The van der Waals surface area contributed by atoms with Crippen molar-refractivity contribution in [2.45, 2.75) is 6.92 Å². The number of aromatic nitrogens is 1. The van der Waals surface area contributed by atoms with Crippen LogP contribution in [0.25, 0.3) is 6.08 Å². The number of nitrogens with one attached hydrogen (secondary N) is 1. The van der Waals surface area contributed by atoms with Crippen LogP contribution in [0.5, 0.6) is 17.2 Å². The van der Waals surface area contributed by atoms with Gasteiger partial charge in [0.25, 0.3) is 5.91 Å². The molecule has 0 fully saturated rings. The third kappa shape index (κ3) is 5.77. The molecule has 1 heterocycles. The Bertz CT molecular complexity index is 1160. The van der Waals surface area contributed by atoms with Crippen molar-refractivity contribution in [3.8, 4) is 17.2 Å². The molecule has 8 heteroatoms. The van der Waals surface area contributed by atoms with Gasteiger partial charge in [-0.2, -0.15) is 5.10 Å². The van der Waals surface area contributed by atoms with Crippen molar-refractivity contribution in [3.63, 3.8) is 0 Å². The number of para-hydroxylation sites is 1. The fourth-order valence-corrected chi connectivity index (χ4v) is 2.59. The number of esters is 1. The normalized spacial score (nSPS) is 11.3. The van der Waals surface area contributed by atoms with Crippen LogP contribution in [0.15, 0.2) is 78.2 Å². The van der Waals surface area contributed by atoms with E-state index in [1.165, 1.54) is 36.7 Å². The van der Waals surface area contributed by atoms with E-state index in [0.29, 0.717) is 22.4 Å². The number of rotatable bonds is 6. The van der Waals surface area contributed by atoms with E-state index in [9.17, 15) is 19.8 Å². The molecule has 0 unspecified atom stereocenters. The highest BCUT2D eigenvalue weighted by Gasteiger charge is 2.11. The zero-order valence-corrected chi connectivity index (χ0v) is 16.5. The lowest BCUT2D eigenvalue weighted by molar-refractivity contribution is -0.128. The fraction of sp³-hybridized carbons (Fsp3) is 0.0435. The average molecular weight is 417 g/mol. The average Bonchev–Trinajstić information content (AvgIpc) is 2.77. The van der Waals surface area contributed by atoms with E-state index in [4.69, 9.17) is 4.74 Å². The Hall–Kier alpha value is -4.46. The van der Waals surface area contributed by atoms with Crippen molar-refractivity contribution in [1.82, 2.24) is 10.4 Å². The van der Waals surface area contributed by atoms with Crippen LogP contribution in [0.3, 0.4) is 0 Å². The van der Waals surface area contributed by atoms with Gasteiger partial charge in [-0.15, -0.1) is 0 Å². The summed E-state index contributed by atoms with van der Waals surface area (Å²) in [6, 6.07) is 13.9. The van der Waals surface area contributed by atoms with Crippen LogP contribution in [0, 0.1) is 0 Å². The van der Waals surface area contributed by atoms with Gasteiger partial charge in [-0.1, -0.05) is 12.1 Å². The SMILES string of the molecule is C/C(=N\NC(=O)c1ccncc1)c1ccccc1OC(=O)/C=C/c1ccc(O)cc1O. The minimum Gasteiger partial charge on any atom is -0.508 e. The van der Waals surface area contributed by atoms with Gasteiger partial charge in [0.2, 0.25) is 0 Å². The van der Waals surface area contributed by atoms with E-state index in [0.717, 1.165) is 6.08 Å². The lowest BCUT2D eigenvalue weighted by atomic mass is 10.1. The van der Waals surface area contributed by atoms with Crippen LogP contribution >= 0.6 is 0 Å². The largest absolute Gasteiger partial charge is 0.508 e. The molecule has 8 nitrogen and oxygen atoms in total. The van der Waals surface area contributed by atoms with Gasteiger partial charge in [-0.25, -0.2) is 10.2 Å². The topological polar surface area (TPSA) is 121 Å². The second-order valence-electron chi connectivity index (χ2n) is 6.37. The first-order chi connectivity index (χ1) is 14.9. The Kier molecular flexibility index (Phi) is 6.74. The standard InChI is InChI=1S/C23H19N3O5/c1-15(25-26-23(30)17-10-12-24-13-11-17)19-4-2-3-5-21(19)31-22(29)9-7-16-6-8-18(27)14-20(16)28/h2-14,27-28H,1H3,(H,26,30)/b9-7+,25-15+. The zero-order chi connectivity index (χ0) is 22.2. The molecule has 0 saturated heterocycles. The zero-order valence-electron chi connectivity index (χ0n) is 16.5. The highest BCUT2D eigenvalue weighted by atomic mass is 16.5. The van der Waals surface area contributed by atoms with E-state index in [1.807, 2.05) is 0 Å². The molecule has 0 saturated carbocycles. The van der Waals surface area contributed by atoms with Crippen LogP contribution in [-0.4, -0.2) is 32.8 Å². The molecule has 1 amide bonds. The first-order valence-electron chi connectivity index (χ1n) is 9.20. The van der Waals surface area contributed by atoms with Crippen LogP contribution in [-0.2, 0) is 4.79 Å². The van der Waals surface area contributed by atoms with Crippen LogP contribution in [0.1, 0.15) is 28.4 Å². The minimum atomic E-state index is -0.673. The van der Waals surface area contributed by atoms with Gasteiger partial charge in [0, 0.05) is 41.2 Å². The third-order valence-corrected chi connectivity index (χ3v) is 4.17. The van der Waals surface area contributed by atoms with E-state index < -0.39 is 11.9 Å². The predicted molar refractivity (Wildman–Crippen MR) is 115 cm³/mol. The molecular weight excluding hydrogens is 398 g/mol. The maximum Gasteiger partial charge on any atom is 0.336 e. The number of hydrogen-bond donors (Lipinski definition) is 3. The molecule has 0 aliphatic heterocycles. The maximum atomic E-state index is 12.2. The number of pyridine rings is 1. The van der Waals surface area contributed by atoms with Crippen molar-refractivity contribution in [2.75, 3.05) is 0 Å². The van der Waals surface area contributed by atoms with E-state index in [2.05, 4.69) is 15.5 Å². The van der Waals surface area contributed by atoms with E-state index in [1.54, 1.807) is 43.3 Å². The summed E-state index contributed by atoms with van der Waals surface area (Å²) in [5.41, 5.74) is 4.17. The number of hydrazone groups is 1. The number of aromatic hydroxyl groups is 2. The highest BCUT2D eigenvalue weighted by molar-refractivity contribution is 6.03. The van der Waals surface area contributed by atoms with Crippen molar-refractivity contribution in [1.29, 1.82) is 0 Å². The van der Waals surface area contributed by atoms with Crippen LogP contribution in [0.2, 0.25) is 0 Å². The molecule has 1 aromatic heterocycles. The molecule has 156 valence electrons. The van der Waals surface area contributed by atoms with Gasteiger partial charge in [0.1, 0.15) is 17.2 Å². The molecule has 3 aromatic rings. The lowest BCUT2D eigenvalue weighted by Gasteiger charge is -2.09. The number of nitrogens with zero attached hydrogens (tertiary/aromatic N) is 2. The first-order valence-corrected chi connectivity index (χ1v) is 9.20. The quantitative estimate of drug-likeness (QED) is 0.186. The van der Waals surface area contributed by atoms with Crippen molar-refractivity contribution in [3.05, 3.63) is 89.8 Å². The summed E-state index contributed by atoms with van der Waals surface area (Å²) < 4.78 is 5.38. The number of carbonyl (C=O) groups is 2. The summed E-state index contributed by atoms with van der Waals surface area (Å²) in [6.07, 6.45) is 5.54. The molecule has 0 aliphatic rings. The number of amides is 1. The Balaban J connectivity index is 1.71. The van der Waals surface area contributed by atoms with E-state index >= 15 is 0 Å². The summed E-state index contributed by atoms with van der Waals surface area (Å²) in [5.74, 6) is -1.07. The Morgan fingerprint density at radius 1 is 1.06 bits per heavy atom. The van der Waals surface area contributed by atoms with Gasteiger partial charge in [-0.3, -0.25) is 9.78 Å². The number of phenols is 2. The van der Waals surface area contributed by atoms with Crippen LogP contribution in [0.4, 0.5) is 0 Å². The molecule has 3 N–H and O–H groups in total. The predicted octanol–water partition coefficient (Wildman–Crippen LogP) is 3.27. The summed E-state index contributed by atoms with van der Waals surface area (Å²) in [4.78, 5) is 28.2. The second-order valence-corrected chi connectivity index (χ2v) is 6.37. The molecule has 3 rings (SSSR count). The molecule has 0 bridgehead atoms. The summed E-state index contributed by atoms with van der Waals surface area (Å²) >= 11 is 0. The molecule has 0 atom stereocenters. The van der Waals surface area contributed by atoms with Gasteiger partial charge >= 0.3 is 5.97 Å². The lowest BCUT2D eigenvalue weighted by Crippen LogP contribution is -2.19. The van der Waals surface area contributed by atoms with Crippen molar-refractivity contribution in [2.24, 2.45) is 5.10 Å². The number of phenolic OH excluding ortho intramolecular Hbond substituents is 2. The van der Waals surface area contributed by atoms with Gasteiger partial charge in [-0.05, 0) is 49.4 Å². The summed E-state index contributed by atoms with van der Waals surface area (Å²) in [5, 5.41) is 23.2. The van der Waals surface area contributed by atoms with Crippen LogP contribution < -0.4 is 10.2 Å². The summed E-state index contributed by atoms with van der Waals surface area (Å²) in [7, 11) is 0. The number of hydrogen-bond acceptors (Lipinski definition) is 7. The van der Waals surface area contributed by atoms with Crippen molar-refractivity contribution >= 4 is 23.7 Å². The molecule has 31 heavy (non-hydrogen) atoms. The Labute approximate surface area is 178 Å². The Morgan fingerprint density at radius 3 is 2.55 bits per heavy atom.